The summed E-state index contributed by atoms with van der Waals surface area (Å²) in [6, 6.07) is 3.76. The number of ketones is 2. The molecule has 0 bridgehead atoms. The van der Waals surface area contributed by atoms with E-state index >= 15 is 0 Å². The summed E-state index contributed by atoms with van der Waals surface area (Å²) in [7, 11) is 0. The maximum Gasteiger partial charge on any atom is 0.202 e. The molecule has 8 nitrogen and oxygen atoms in total. The van der Waals surface area contributed by atoms with Crippen molar-refractivity contribution in [2.45, 2.75) is 49.3 Å². The van der Waals surface area contributed by atoms with Crippen LogP contribution in [0.3, 0.4) is 0 Å². The van der Waals surface area contributed by atoms with E-state index in [9.17, 15) is 40.2 Å². The molecule has 0 fully saturated rings. The molecular weight excluding hydrogens is 356 g/mol. The number of aliphatic hydroxyl groups excluding tert-OH is 3. The van der Waals surface area contributed by atoms with Gasteiger partial charge in [0.15, 0.2) is 17.0 Å². The number of phenols is 1. The Kier molecular flexibility index (Phi) is 3.70. The van der Waals surface area contributed by atoms with Crippen LogP contribution in [0.5, 0.6) is 5.75 Å². The first kappa shape index (κ1) is 18.3. The number of carbonyl (C=O) groups excluding carboxylic acids is 2. The van der Waals surface area contributed by atoms with Crippen molar-refractivity contribution in [3.8, 4) is 5.75 Å². The van der Waals surface area contributed by atoms with Crippen molar-refractivity contribution >= 4 is 11.6 Å². The molecule has 0 saturated heterocycles. The van der Waals surface area contributed by atoms with Gasteiger partial charge in [0.2, 0.25) is 5.78 Å². The molecule has 0 aromatic heterocycles. The lowest BCUT2D eigenvalue weighted by Gasteiger charge is -2.55. The molecule has 4 rings (SSSR count). The summed E-state index contributed by atoms with van der Waals surface area (Å²) in [5.41, 5.74) is -6.88. The molecule has 1 aromatic carbocycles. The van der Waals surface area contributed by atoms with Gasteiger partial charge in [-0.1, -0.05) is 19.1 Å². The van der Waals surface area contributed by atoms with E-state index in [1.807, 2.05) is 0 Å². The van der Waals surface area contributed by atoms with Crippen LogP contribution in [-0.2, 0) is 4.79 Å². The number of aromatic hydroxyl groups is 1. The fraction of sp³-hybridized carbons (Fsp3) is 0.474. The Morgan fingerprint density at radius 3 is 2.41 bits per heavy atom. The van der Waals surface area contributed by atoms with E-state index in [-0.39, 0.29) is 23.1 Å². The molecule has 0 amide bonds. The average Bonchev–Trinajstić information content (AvgIpc) is 2.61. The summed E-state index contributed by atoms with van der Waals surface area (Å²) in [5.74, 6) is -2.74. The van der Waals surface area contributed by atoms with Crippen LogP contribution in [0, 0.1) is 5.92 Å². The van der Waals surface area contributed by atoms with Crippen molar-refractivity contribution in [1.82, 2.24) is 0 Å². The molecule has 0 saturated carbocycles. The Balaban J connectivity index is 2.07. The molecule has 0 aliphatic heterocycles. The standard InChI is InChI=1S/C19H20O8/c1-7-5-11(21)14-9(15(7)23)6-12(22)18(26)17(25)13-8(3-2-4-10(13)20)16(24)19(14,18)27/h2-4,7,12,15,17,20,22-23,25-27H,5-6H2,1H3/t7-,12-,15-,17-,18-,19+/m0/s1. The summed E-state index contributed by atoms with van der Waals surface area (Å²) in [4.78, 5) is 25.9. The number of hydrogen-bond acceptors (Lipinski definition) is 8. The van der Waals surface area contributed by atoms with E-state index < -0.39 is 64.7 Å². The Hall–Kier alpha value is -2.10. The summed E-state index contributed by atoms with van der Waals surface area (Å²) in [6.07, 6.45) is -5.65. The highest BCUT2D eigenvalue weighted by Crippen LogP contribution is 2.56. The summed E-state index contributed by atoms with van der Waals surface area (Å²) in [6.45, 7) is 1.62. The van der Waals surface area contributed by atoms with E-state index in [1.54, 1.807) is 6.92 Å². The van der Waals surface area contributed by atoms with Gasteiger partial charge in [-0.3, -0.25) is 9.59 Å². The normalized spacial score (nSPS) is 41.1. The molecular formula is C19H20O8. The molecule has 8 heteroatoms. The van der Waals surface area contributed by atoms with Gasteiger partial charge in [-0.05, 0) is 17.6 Å². The van der Waals surface area contributed by atoms with Crippen LogP contribution in [-0.4, -0.2) is 65.6 Å². The molecule has 3 aliphatic carbocycles. The van der Waals surface area contributed by atoms with Crippen LogP contribution in [0.2, 0.25) is 0 Å². The van der Waals surface area contributed by atoms with Crippen molar-refractivity contribution in [2.24, 2.45) is 5.92 Å². The van der Waals surface area contributed by atoms with Crippen LogP contribution < -0.4 is 0 Å². The SMILES string of the molecule is C[C@H]1CC(=O)C2=C(C[C@H](O)[C@]3(O)[C@@H](O)c4c(O)cccc4C(=O)[C@]23O)[C@H]1O. The molecule has 0 unspecified atom stereocenters. The van der Waals surface area contributed by atoms with Crippen molar-refractivity contribution in [2.75, 3.05) is 0 Å². The topological polar surface area (TPSA) is 156 Å². The summed E-state index contributed by atoms with van der Waals surface area (Å²) < 4.78 is 0. The third-order valence-corrected chi connectivity index (χ3v) is 6.21. The second-order valence-corrected chi connectivity index (χ2v) is 7.68. The molecule has 144 valence electrons. The fourth-order valence-electron chi connectivity index (χ4n) is 4.77. The number of rotatable bonds is 0. The maximum atomic E-state index is 13.2. The van der Waals surface area contributed by atoms with Crippen LogP contribution in [0.15, 0.2) is 29.3 Å². The van der Waals surface area contributed by atoms with Crippen LogP contribution in [0.25, 0.3) is 0 Å². The Morgan fingerprint density at radius 2 is 1.74 bits per heavy atom. The zero-order chi connectivity index (χ0) is 19.9. The lowest BCUT2D eigenvalue weighted by Crippen LogP contribution is -2.74. The minimum Gasteiger partial charge on any atom is -0.508 e. The number of phenolic OH excluding ortho intramolecular Hbond substituents is 1. The molecule has 6 N–H and O–H groups in total. The van der Waals surface area contributed by atoms with Gasteiger partial charge in [0.1, 0.15) is 11.9 Å². The Morgan fingerprint density at radius 1 is 1.07 bits per heavy atom. The third-order valence-electron chi connectivity index (χ3n) is 6.21. The average molecular weight is 376 g/mol. The van der Waals surface area contributed by atoms with Gasteiger partial charge in [-0.25, -0.2) is 0 Å². The van der Waals surface area contributed by atoms with Crippen molar-refractivity contribution in [3.05, 3.63) is 40.5 Å². The molecule has 0 radical (unpaired) electrons. The molecule has 3 aliphatic rings. The van der Waals surface area contributed by atoms with E-state index in [0.717, 1.165) is 0 Å². The first-order chi connectivity index (χ1) is 12.6. The Labute approximate surface area is 154 Å². The van der Waals surface area contributed by atoms with E-state index in [0.29, 0.717) is 0 Å². The van der Waals surface area contributed by atoms with E-state index in [1.165, 1.54) is 18.2 Å². The minimum absolute atomic E-state index is 0.0115. The first-order valence-corrected chi connectivity index (χ1v) is 8.69. The largest absolute Gasteiger partial charge is 0.508 e. The second-order valence-electron chi connectivity index (χ2n) is 7.68. The van der Waals surface area contributed by atoms with Crippen molar-refractivity contribution in [3.63, 3.8) is 0 Å². The number of fused-ring (bicyclic) bond motifs is 3. The highest BCUT2D eigenvalue weighted by atomic mass is 16.4. The number of benzene rings is 1. The fourth-order valence-corrected chi connectivity index (χ4v) is 4.77. The van der Waals surface area contributed by atoms with Gasteiger partial charge in [0.25, 0.3) is 0 Å². The third kappa shape index (κ3) is 1.94. The highest BCUT2D eigenvalue weighted by molar-refractivity contribution is 6.16. The minimum atomic E-state index is -2.95. The summed E-state index contributed by atoms with van der Waals surface area (Å²) >= 11 is 0. The maximum absolute atomic E-state index is 13.2. The van der Waals surface area contributed by atoms with Crippen molar-refractivity contribution < 1.29 is 40.2 Å². The lowest BCUT2D eigenvalue weighted by molar-refractivity contribution is -0.229. The van der Waals surface area contributed by atoms with Gasteiger partial charge in [-0.2, -0.15) is 0 Å². The molecule has 1 aromatic rings. The van der Waals surface area contributed by atoms with Gasteiger partial charge in [0, 0.05) is 29.5 Å². The quantitative estimate of drug-likeness (QED) is 0.341. The van der Waals surface area contributed by atoms with Crippen LogP contribution >= 0.6 is 0 Å². The van der Waals surface area contributed by atoms with E-state index in [2.05, 4.69) is 0 Å². The Bertz CT molecular complexity index is 905. The van der Waals surface area contributed by atoms with Gasteiger partial charge in [-0.15, -0.1) is 0 Å². The van der Waals surface area contributed by atoms with Crippen LogP contribution in [0.1, 0.15) is 41.8 Å². The number of hydrogen-bond donors (Lipinski definition) is 6. The lowest BCUT2D eigenvalue weighted by atomic mass is 9.54. The second kappa shape index (κ2) is 5.46. The molecule has 0 heterocycles. The summed E-state index contributed by atoms with van der Waals surface area (Å²) in [5, 5.41) is 64.5. The zero-order valence-electron chi connectivity index (χ0n) is 14.5. The van der Waals surface area contributed by atoms with Gasteiger partial charge >= 0.3 is 0 Å². The van der Waals surface area contributed by atoms with Gasteiger partial charge in [0.05, 0.1) is 12.2 Å². The number of carbonyl (C=O) groups is 2. The number of Topliss-reactive ketones (excluding diaryl/α,β-unsaturated/α-hetero) is 2. The monoisotopic (exact) mass is 376 g/mol. The molecule has 6 atom stereocenters. The van der Waals surface area contributed by atoms with E-state index in [4.69, 9.17) is 0 Å². The first-order valence-electron chi connectivity index (χ1n) is 8.69. The number of aliphatic hydroxyl groups is 5. The predicted molar refractivity (Wildman–Crippen MR) is 89.7 cm³/mol. The van der Waals surface area contributed by atoms with Crippen molar-refractivity contribution in [1.29, 1.82) is 0 Å². The molecule has 0 spiro atoms. The van der Waals surface area contributed by atoms with Crippen LogP contribution in [0.4, 0.5) is 0 Å². The highest BCUT2D eigenvalue weighted by Gasteiger charge is 2.72. The predicted octanol–water partition coefficient (Wildman–Crippen LogP) is -0.885. The zero-order valence-corrected chi connectivity index (χ0v) is 14.5. The molecule has 27 heavy (non-hydrogen) atoms. The smallest absolute Gasteiger partial charge is 0.202 e. The van der Waals surface area contributed by atoms with Gasteiger partial charge < -0.3 is 30.6 Å².